The normalized spacial score (nSPS) is 21.3. The number of fused-ring (bicyclic) bond motifs is 1. The molecule has 7 nitrogen and oxygen atoms in total. The van der Waals surface area contributed by atoms with Crippen molar-refractivity contribution in [2.24, 2.45) is 0 Å². The topological polar surface area (TPSA) is 76.6 Å². The Morgan fingerprint density at radius 3 is 3.15 bits per heavy atom. The van der Waals surface area contributed by atoms with Crippen LogP contribution in [-0.2, 0) is 11.2 Å². The smallest absolute Gasteiger partial charge is 0.251 e. The van der Waals surface area contributed by atoms with E-state index in [4.69, 9.17) is 9.47 Å². The molecule has 2 aliphatic rings. The number of hydrogen-bond acceptors (Lipinski definition) is 6. The molecular weight excluding hydrogens is 332 g/mol. The van der Waals surface area contributed by atoms with Gasteiger partial charge in [-0.25, -0.2) is 9.97 Å². The van der Waals surface area contributed by atoms with Gasteiger partial charge in [0.1, 0.15) is 17.9 Å². The minimum Gasteiger partial charge on any atom is -0.493 e. The lowest BCUT2D eigenvalue weighted by molar-refractivity contribution is 0.0946. The van der Waals surface area contributed by atoms with Crippen molar-refractivity contribution in [2.45, 2.75) is 25.0 Å². The first kappa shape index (κ1) is 16.8. The number of aromatic nitrogens is 2. The van der Waals surface area contributed by atoms with Crippen LogP contribution < -0.4 is 15.0 Å². The molecule has 0 unspecified atom stereocenters. The van der Waals surface area contributed by atoms with Crippen LogP contribution >= 0.6 is 0 Å². The molecule has 0 spiro atoms. The van der Waals surface area contributed by atoms with Crippen molar-refractivity contribution in [3.63, 3.8) is 0 Å². The van der Waals surface area contributed by atoms with E-state index in [1.807, 2.05) is 24.3 Å². The second kappa shape index (κ2) is 7.29. The van der Waals surface area contributed by atoms with Crippen LogP contribution in [0.4, 0.5) is 5.82 Å². The summed E-state index contributed by atoms with van der Waals surface area (Å²) in [5.41, 5.74) is 1.77. The minimum absolute atomic E-state index is 0.0665. The molecule has 1 fully saturated rings. The summed E-state index contributed by atoms with van der Waals surface area (Å²) >= 11 is 0. The maximum Gasteiger partial charge on any atom is 0.251 e. The summed E-state index contributed by atoms with van der Waals surface area (Å²) in [6.45, 7) is 1.98. The number of carbonyl (C=O) groups excluding carboxylic acids is 1. The number of rotatable bonds is 5. The van der Waals surface area contributed by atoms with E-state index in [-0.39, 0.29) is 18.1 Å². The zero-order chi connectivity index (χ0) is 17.9. The summed E-state index contributed by atoms with van der Waals surface area (Å²) in [6.07, 6.45) is 5.10. The predicted octanol–water partition coefficient (Wildman–Crippen LogP) is 1.44. The molecule has 0 saturated carbocycles. The molecule has 1 N–H and O–H groups in total. The van der Waals surface area contributed by atoms with Crippen molar-refractivity contribution in [3.05, 3.63) is 47.9 Å². The van der Waals surface area contributed by atoms with E-state index >= 15 is 0 Å². The Morgan fingerprint density at radius 2 is 2.35 bits per heavy atom. The Hall–Kier alpha value is -2.67. The molecule has 0 radical (unpaired) electrons. The highest BCUT2D eigenvalue weighted by Crippen LogP contribution is 2.27. The number of carbonyl (C=O) groups is 1. The third kappa shape index (κ3) is 3.35. The largest absolute Gasteiger partial charge is 0.493 e. The van der Waals surface area contributed by atoms with Gasteiger partial charge in [-0.2, -0.15) is 0 Å². The van der Waals surface area contributed by atoms with Gasteiger partial charge in [-0.3, -0.25) is 4.79 Å². The fourth-order valence-electron chi connectivity index (χ4n) is 3.61. The van der Waals surface area contributed by atoms with Crippen molar-refractivity contribution in [3.8, 4) is 5.75 Å². The molecule has 26 heavy (non-hydrogen) atoms. The first-order valence-electron chi connectivity index (χ1n) is 8.84. The van der Waals surface area contributed by atoms with Gasteiger partial charge in [0.15, 0.2) is 0 Å². The van der Waals surface area contributed by atoms with E-state index in [2.05, 4.69) is 20.2 Å². The molecule has 0 aliphatic carbocycles. The maximum absolute atomic E-state index is 12.6. The number of ether oxygens (including phenoxy) is 2. The summed E-state index contributed by atoms with van der Waals surface area (Å²) in [5, 5.41) is 3.06. The van der Waals surface area contributed by atoms with E-state index in [0.717, 1.165) is 36.5 Å². The monoisotopic (exact) mass is 354 g/mol. The summed E-state index contributed by atoms with van der Waals surface area (Å²) in [6, 6.07) is 7.63. The summed E-state index contributed by atoms with van der Waals surface area (Å²) in [4.78, 5) is 23.1. The summed E-state index contributed by atoms with van der Waals surface area (Å²) < 4.78 is 11.0. The van der Waals surface area contributed by atoms with Crippen LogP contribution in [0.5, 0.6) is 5.75 Å². The van der Waals surface area contributed by atoms with Gasteiger partial charge in [0, 0.05) is 38.4 Å². The fraction of sp³-hybridized carbons (Fsp3) is 0.421. The molecule has 1 amide bonds. The molecule has 136 valence electrons. The standard InChI is InChI=1S/C19H22N4O3/c1-25-16-9-15(23(11-16)18-4-6-20-12-22-18)10-21-19(24)14-2-3-17-13(8-14)5-7-26-17/h2-4,6,8,12,15-16H,5,7,9-11H2,1H3,(H,21,24)/t15-,16-/m1/s1. The van der Waals surface area contributed by atoms with Crippen LogP contribution in [0.15, 0.2) is 36.8 Å². The summed E-state index contributed by atoms with van der Waals surface area (Å²) in [7, 11) is 1.72. The highest BCUT2D eigenvalue weighted by Gasteiger charge is 2.33. The van der Waals surface area contributed by atoms with Crippen LogP contribution in [0.1, 0.15) is 22.3 Å². The second-order valence-corrected chi connectivity index (χ2v) is 6.60. The molecule has 7 heteroatoms. The third-order valence-corrected chi connectivity index (χ3v) is 5.02. The van der Waals surface area contributed by atoms with Crippen LogP contribution in [-0.4, -0.2) is 54.8 Å². The Labute approximate surface area is 152 Å². The van der Waals surface area contributed by atoms with Crippen molar-refractivity contribution in [1.29, 1.82) is 0 Å². The molecular formula is C19H22N4O3. The van der Waals surface area contributed by atoms with E-state index < -0.39 is 0 Å². The van der Waals surface area contributed by atoms with Crippen molar-refractivity contribution in [2.75, 3.05) is 31.7 Å². The first-order valence-corrected chi connectivity index (χ1v) is 8.84. The maximum atomic E-state index is 12.6. The zero-order valence-electron chi connectivity index (χ0n) is 14.7. The van der Waals surface area contributed by atoms with Crippen molar-refractivity contribution >= 4 is 11.7 Å². The molecule has 1 aromatic carbocycles. The second-order valence-electron chi connectivity index (χ2n) is 6.60. The van der Waals surface area contributed by atoms with Crippen LogP contribution in [0.3, 0.4) is 0 Å². The molecule has 2 aliphatic heterocycles. The molecule has 1 saturated heterocycles. The number of anilines is 1. The Balaban J connectivity index is 1.43. The molecule has 1 aromatic heterocycles. The van der Waals surface area contributed by atoms with E-state index in [1.54, 1.807) is 13.3 Å². The van der Waals surface area contributed by atoms with Gasteiger partial charge in [0.25, 0.3) is 5.91 Å². The number of nitrogens with zero attached hydrogens (tertiary/aromatic N) is 3. The predicted molar refractivity (Wildman–Crippen MR) is 96.6 cm³/mol. The van der Waals surface area contributed by atoms with Gasteiger partial charge in [0.2, 0.25) is 0 Å². The molecule has 2 aromatic rings. The Bertz CT molecular complexity index is 784. The van der Waals surface area contributed by atoms with Crippen LogP contribution in [0, 0.1) is 0 Å². The number of amides is 1. The molecule has 3 heterocycles. The van der Waals surface area contributed by atoms with Gasteiger partial charge in [-0.15, -0.1) is 0 Å². The average molecular weight is 354 g/mol. The lowest BCUT2D eigenvalue weighted by Gasteiger charge is -2.25. The van der Waals surface area contributed by atoms with E-state index in [0.29, 0.717) is 18.7 Å². The number of methoxy groups -OCH3 is 1. The van der Waals surface area contributed by atoms with Gasteiger partial charge >= 0.3 is 0 Å². The number of benzene rings is 1. The lowest BCUT2D eigenvalue weighted by atomic mass is 10.1. The fourth-order valence-corrected chi connectivity index (χ4v) is 3.61. The molecule has 0 bridgehead atoms. The minimum atomic E-state index is -0.0665. The van der Waals surface area contributed by atoms with E-state index in [1.165, 1.54) is 6.33 Å². The van der Waals surface area contributed by atoms with Gasteiger partial charge < -0.3 is 19.7 Å². The third-order valence-electron chi connectivity index (χ3n) is 5.02. The van der Waals surface area contributed by atoms with Crippen molar-refractivity contribution < 1.29 is 14.3 Å². The summed E-state index contributed by atoms with van der Waals surface area (Å²) in [5.74, 6) is 1.67. The average Bonchev–Trinajstić information content (AvgIpc) is 3.32. The quantitative estimate of drug-likeness (QED) is 0.875. The number of nitrogens with one attached hydrogen (secondary N) is 1. The van der Waals surface area contributed by atoms with Gasteiger partial charge in [0.05, 0.1) is 18.8 Å². The molecule has 4 rings (SSSR count). The van der Waals surface area contributed by atoms with Crippen LogP contribution in [0.2, 0.25) is 0 Å². The highest BCUT2D eigenvalue weighted by molar-refractivity contribution is 5.94. The Kier molecular flexibility index (Phi) is 4.71. The van der Waals surface area contributed by atoms with Gasteiger partial charge in [-0.05, 0) is 36.2 Å². The van der Waals surface area contributed by atoms with Crippen LogP contribution in [0.25, 0.3) is 0 Å². The van der Waals surface area contributed by atoms with Crippen molar-refractivity contribution in [1.82, 2.24) is 15.3 Å². The van der Waals surface area contributed by atoms with Gasteiger partial charge in [-0.1, -0.05) is 0 Å². The Morgan fingerprint density at radius 1 is 1.42 bits per heavy atom. The number of hydrogen-bond donors (Lipinski definition) is 1. The SMILES string of the molecule is CO[C@@H]1C[C@H](CNC(=O)c2ccc3c(c2)CCO3)N(c2ccncn2)C1. The lowest BCUT2D eigenvalue weighted by Crippen LogP contribution is -2.40. The first-order chi connectivity index (χ1) is 12.7. The highest BCUT2D eigenvalue weighted by atomic mass is 16.5. The molecule has 2 atom stereocenters. The van der Waals surface area contributed by atoms with E-state index in [9.17, 15) is 4.79 Å². The zero-order valence-corrected chi connectivity index (χ0v) is 14.7.